The van der Waals surface area contributed by atoms with Crippen molar-refractivity contribution in [2.75, 3.05) is 18.6 Å². The Bertz CT molecular complexity index is 1290. The van der Waals surface area contributed by atoms with Gasteiger partial charge in [-0.1, -0.05) is 29.8 Å². The largest absolute Gasteiger partial charge is 0.488 e. The number of rotatable bonds is 4. The Morgan fingerprint density at radius 2 is 1.91 bits per heavy atom. The van der Waals surface area contributed by atoms with Crippen molar-refractivity contribution in [1.82, 2.24) is 0 Å². The molecule has 0 N–H and O–H groups in total. The molecule has 3 aromatic rings. The Morgan fingerprint density at radius 1 is 1.12 bits per heavy atom. The van der Waals surface area contributed by atoms with Crippen molar-refractivity contribution >= 4 is 40.1 Å². The van der Waals surface area contributed by atoms with Gasteiger partial charge < -0.3 is 18.8 Å². The van der Waals surface area contributed by atoms with Crippen molar-refractivity contribution in [3.63, 3.8) is 0 Å². The van der Waals surface area contributed by atoms with E-state index in [1.807, 2.05) is 12.1 Å². The summed E-state index contributed by atoms with van der Waals surface area (Å²) >= 11 is 6.21. The number of halogens is 1. The molecule has 2 aliphatic rings. The maximum atomic E-state index is 13.4. The second kappa shape index (κ2) is 7.98. The van der Waals surface area contributed by atoms with Crippen LogP contribution in [0.2, 0.25) is 5.02 Å². The molecule has 0 unspecified atom stereocenters. The summed E-state index contributed by atoms with van der Waals surface area (Å²) in [5.41, 5.74) is 0.927. The highest BCUT2D eigenvalue weighted by Crippen LogP contribution is 2.38. The van der Waals surface area contributed by atoms with Crippen molar-refractivity contribution in [3.8, 4) is 5.75 Å². The molecule has 32 heavy (non-hydrogen) atoms. The van der Waals surface area contributed by atoms with Crippen LogP contribution in [0.15, 0.2) is 51.7 Å². The molecular weight excluding hydrogens is 434 g/mol. The lowest BCUT2D eigenvalue weighted by molar-refractivity contribution is -0.151. The number of benzene rings is 2. The number of esters is 1. The lowest BCUT2D eigenvalue weighted by Crippen LogP contribution is -2.41. The van der Waals surface area contributed by atoms with E-state index in [-0.39, 0.29) is 39.8 Å². The summed E-state index contributed by atoms with van der Waals surface area (Å²) in [6, 6.07) is 12.2. The second-order valence-electron chi connectivity index (χ2n) is 7.96. The first-order valence-electron chi connectivity index (χ1n) is 10.4. The van der Waals surface area contributed by atoms with Gasteiger partial charge in [0, 0.05) is 6.54 Å². The normalized spacial score (nSPS) is 19.9. The Morgan fingerprint density at radius 3 is 2.69 bits per heavy atom. The molecule has 0 radical (unpaired) electrons. The summed E-state index contributed by atoms with van der Waals surface area (Å²) in [6.07, 6.45) is 1.36. The van der Waals surface area contributed by atoms with E-state index in [4.69, 9.17) is 25.5 Å². The van der Waals surface area contributed by atoms with Gasteiger partial charge in [-0.3, -0.25) is 14.4 Å². The smallest absolute Gasteiger partial charge is 0.308 e. The van der Waals surface area contributed by atoms with Gasteiger partial charge in [0.1, 0.15) is 11.9 Å². The van der Waals surface area contributed by atoms with Gasteiger partial charge in [-0.15, -0.1) is 0 Å². The first kappa shape index (κ1) is 20.6. The van der Waals surface area contributed by atoms with Gasteiger partial charge in [-0.2, -0.15) is 0 Å². The van der Waals surface area contributed by atoms with E-state index < -0.39 is 5.91 Å². The highest BCUT2D eigenvalue weighted by molar-refractivity contribution is 6.34. The van der Waals surface area contributed by atoms with Crippen LogP contribution in [-0.2, 0) is 16.0 Å². The molecule has 2 aromatic carbocycles. The standard InChI is InChI=1S/C24H20ClNO6/c1-30-24(29)13-11-14(12-13)31-19-8-3-2-7-18(19)26-10-9-16-20(27)15-5-4-6-17(25)21(15)32-22(16)23(26)28/h2-8,13-14H,9-12H2,1H3. The molecule has 0 atom stereocenters. The van der Waals surface area contributed by atoms with Crippen molar-refractivity contribution in [3.05, 3.63) is 69.0 Å². The molecule has 1 amide bonds. The van der Waals surface area contributed by atoms with Gasteiger partial charge in [0.15, 0.2) is 16.8 Å². The van der Waals surface area contributed by atoms with Gasteiger partial charge in [0.05, 0.1) is 34.7 Å². The van der Waals surface area contributed by atoms with Gasteiger partial charge in [-0.25, -0.2) is 0 Å². The van der Waals surface area contributed by atoms with Crippen molar-refractivity contribution in [1.29, 1.82) is 0 Å². The molecule has 7 nitrogen and oxygen atoms in total. The number of para-hydroxylation sites is 3. The van der Waals surface area contributed by atoms with Crippen LogP contribution in [-0.4, -0.2) is 31.6 Å². The Kier molecular flexibility index (Phi) is 5.13. The third kappa shape index (κ3) is 3.33. The SMILES string of the molecule is COC(=O)C1CC(Oc2ccccc2N2CCc3c(oc4c(Cl)cccc4c3=O)C2=O)C1. The zero-order chi connectivity index (χ0) is 22.4. The predicted octanol–water partition coefficient (Wildman–Crippen LogP) is 3.98. The molecular formula is C24H20ClNO6. The number of hydrogen-bond donors (Lipinski definition) is 0. The number of fused-ring (bicyclic) bond motifs is 2. The molecule has 1 aliphatic carbocycles. The predicted molar refractivity (Wildman–Crippen MR) is 118 cm³/mol. The number of carbonyl (C=O) groups excluding carboxylic acids is 2. The molecule has 0 saturated heterocycles. The second-order valence-corrected chi connectivity index (χ2v) is 8.37. The lowest BCUT2D eigenvalue weighted by Gasteiger charge is -2.35. The third-order valence-electron chi connectivity index (χ3n) is 6.07. The van der Waals surface area contributed by atoms with E-state index in [1.54, 1.807) is 35.2 Å². The molecule has 1 aliphatic heterocycles. The van der Waals surface area contributed by atoms with Crippen LogP contribution in [0.25, 0.3) is 11.0 Å². The van der Waals surface area contributed by atoms with Gasteiger partial charge >= 0.3 is 5.97 Å². The van der Waals surface area contributed by atoms with E-state index in [2.05, 4.69) is 0 Å². The van der Waals surface area contributed by atoms with E-state index in [1.165, 1.54) is 7.11 Å². The van der Waals surface area contributed by atoms with Crippen LogP contribution in [0.3, 0.4) is 0 Å². The minimum Gasteiger partial charge on any atom is -0.488 e. The Balaban J connectivity index is 1.45. The summed E-state index contributed by atoms with van der Waals surface area (Å²) in [4.78, 5) is 39.5. The van der Waals surface area contributed by atoms with Gasteiger partial charge in [-0.05, 0) is 43.5 Å². The van der Waals surface area contributed by atoms with Crippen LogP contribution < -0.4 is 15.1 Å². The molecule has 8 heteroatoms. The van der Waals surface area contributed by atoms with E-state index in [0.717, 1.165) is 0 Å². The first-order chi connectivity index (χ1) is 15.5. The fourth-order valence-electron chi connectivity index (χ4n) is 4.28. The number of nitrogens with zero attached hydrogens (tertiary/aromatic N) is 1. The molecule has 5 rings (SSSR count). The maximum Gasteiger partial charge on any atom is 0.308 e. The first-order valence-corrected chi connectivity index (χ1v) is 10.7. The molecule has 164 valence electrons. The highest BCUT2D eigenvalue weighted by atomic mass is 35.5. The molecule has 0 bridgehead atoms. The molecule has 2 heterocycles. The average Bonchev–Trinajstić information content (AvgIpc) is 2.77. The lowest BCUT2D eigenvalue weighted by atomic mass is 9.82. The minimum atomic E-state index is -0.415. The molecule has 1 saturated carbocycles. The van der Waals surface area contributed by atoms with Crippen LogP contribution >= 0.6 is 11.6 Å². The highest BCUT2D eigenvalue weighted by Gasteiger charge is 2.38. The number of carbonyl (C=O) groups is 2. The number of methoxy groups -OCH3 is 1. The van der Waals surface area contributed by atoms with Crippen LogP contribution in [0.1, 0.15) is 29.0 Å². The zero-order valence-electron chi connectivity index (χ0n) is 17.3. The van der Waals surface area contributed by atoms with Gasteiger partial charge in [0.2, 0.25) is 0 Å². The molecule has 1 aromatic heterocycles. The quantitative estimate of drug-likeness (QED) is 0.555. The van der Waals surface area contributed by atoms with E-state index in [0.29, 0.717) is 48.2 Å². The summed E-state index contributed by atoms with van der Waals surface area (Å²) in [7, 11) is 1.38. The minimum absolute atomic E-state index is 0.00560. The van der Waals surface area contributed by atoms with Crippen molar-refractivity contribution < 1.29 is 23.5 Å². The van der Waals surface area contributed by atoms with Crippen LogP contribution in [0.4, 0.5) is 5.69 Å². The van der Waals surface area contributed by atoms with Crippen molar-refractivity contribution in [2.45, 2.75) is 25.4 Å². The maximum absolute atomic E-state index is 13.4. The summed E-state index contributed by atoms with van der Waals surface area (Å²) in [5, 5.41) is 0.646. The van der Waals surface area contributed by atoms with E-state index >= 15 is 0 Å². The Hall–Kier alpha value is -3.32. The van der Waals surface area contributed by atoms with Crippen molar-refractivity contribution in [2.24, 2.45) is 5.92 Å². The summed E-state index contributed by atoms with van der Waals surface area (Å²) in [5.74, 6) is -0.262. The van der Waals surface area contributed by atoms with Crippen LogP contribution in [0, 0.1) is 5.92 Å². The summed E-state index contributed by atoms with van der Waals surface area (Å²) < 4.78 is 16.7. The Labute approximate surface area is 188 Å². The fraction of sp³-hybridized carbons (Fsp3) is 0.292. The third-order valence-corrected chi connectivity index (χ3v) is 6.37. The molecule has 1 fully saturated rings. The van der Waals surface area contributed by atoms with Crippen LogP contribution in [0.5, 0.6) is 5.75 Å². The number of ether oxygens (including phenoxy) is 2. The monoisotopic (exact) mass is 453 g/mol. The van der Waals surface area contributed by atoms with E-state index in [9.17, 15) is 14.4 Å². The topological polar surface area (TPSA) is 86.1 Å². The van der Waals surface area contributed by atoms with Gasteiger partial charge in [0.25, 0.3) is 5.91 Å². The summed E-state index contributed by atoms with van der Waals surface area (Å²) in [6.45, 7) is 0.318. The molecule has 0 spiro atoms. The fourth-order valence-corrected chi connectivity index (χ4v) is 4.49. The average molecular weight is 454 g/mol. The number of anilines is 1. The number of amides is 1. The number of hydrogen-bond acceptors (Lipinski definition) is 6. The zero-order valence-corrected chi connectivity index (χ0v) is 18.1.